The summed E-state index contributed by atoms with van der Waals surface area (Å²) in [4.78, 5) is 62.0. The highest BCUT2D eigenvalue weighted by Crippen LogP contribution is 2.46. The lowest BCUT2D eigenvalue weighted by atomic mass is 9.82. The minimum absolute atomic E-state index is 0.382. The molecule has 4 amide bonds. The summed E-state index contributed by atoms with van der Waals surface area (Å²) in [6, 6.07) is 14.1. The Kier molecular flexibility index (Phi) is 3.45. The molecule has 7 rings (SSSR count). The first-order valence-corrected chi connectivity index (χ1v) is 10.5. The zero-order chi connectivity index (χ0) is 23.5. The Labute approximate surface area is 191 Å². The van der Waals surface area contributed by atoms with Crippen molar-refractivity contribution in [3.05, 3.63) is 70.8 Å². The van der Waals surface area contributed by atoms with E-state index in [1.165, 1.54) is 14.2 Å². The zero-order valence-electron chi connectivity index (χ0n) is 18.0. The summed E-state index contributed by atoms with van der Waals surface area (Å²) in [6.07, 6.45) is 0. The van der Waals surface area contributed by atoms with E-state index in [1.807, 2.05) is 24.3 Å². The summed E-state index contributed by atoms with van der Waals surface area (Å²) in [5.74, 6) is -2.07. The van der Waals surface area contributed by atoms with Gasteiger partial charge in [-0.05, 0) is 56.6 Å². The van der Waals surface area contributed by atoms with E-state index in [2.05, 4.69) is 0 Å². The summed E-state index contributed by atoms with van der Waals surface area (Å²) in [7, 11) is 2.57. The van der Waals surface area contributed by atoms with Crippen LogP contribution in [0.1, 0.15) is 41.4 Å². The van der Waals surface area contributed by atoms with Crippen molar-refractivity contribution in [2.24, 2.45) is 0 Å². The molecule has 2 aliphatic rings. The quantitative estimate of drug-likeness (QED) is 0.229. The molecule has 0 fully saturated rings. The molecule has 2 aliphatic heterocycles. The summed E-state index contributed by atoms with van der Waals surface area (Å²) >= 11 is 0. The monoisotopic (exact) mass is 450 g/mol. The molecule has 0 bridgehead atoms. The predicted octanol–water partition coefficient (Wildman–Crippen LogP) is 4.05. The zero-order valence-corrected chi connectivity index (χ0v) is 18.0. The first kappa shape index (κ1) is 19.1. The van der Waals surface area contributed by atoms with Crippen LogP contribution in [-0.4, -0.2) is 48.0 Å². The van der Waals surface area contributed by atoms with Gasteiger partial charge in [-0.3, -0.25) is 28.9 Å². The highest BCUT2D eigenvalue weighted by atomic mass is 16.7. The van der Waals surface area contributed by atoms with Gasteiger partial charge in [0.25, 0.3) is 23.6 Å². The van der Waals surface area contributed by atoms with E-state index in [0.29, 0.717) is 33.0 Å². The summed E-state index contributed by atoms with van der Waals surface area (Å²) < 4.78 is 0. The van der Waals surface area contributed by atoms with Gasteiger partial charge < -0.3 is 0 Å². The summed E-state index contributed by atoms with van der Waals surface area (Å²) in [6.45, 7) is 0. The third-order valence-electron chi connectivity index (χ3n) is 6.93. The maximum atomic E-state index is 13.0. The molecule has 0 aliphatic carbocycles. The third kappa shape index (κ3) is 1.97. The van der Waals surface area contributed by atoms with Crippen molar-refractivity contribution in [2.45, 2.75) is 0 Å². The Bertz CT molecular complexity index is 1570. The fourth-order valence-electron chi connectivity index (χ4n) is 5.56. The van der Waals surface area contributed by atoms with Crippen molar-refractivity contribution in [1.82, 2.24) is 10.1 Å². The topological polar surface area (TPSA) is 93.2 Å². The smallest absolute Gasteiger partial charge is 0.266 e. The number of imide groups is 2. The van der Waals surface area contributed by atoms with Gasteiger partial charge in [-0.2, -0.15) is 0 Å². The Morgan fingerprint density at radius 3 is 0.941 bits per heavy atom. The van der Waals surface area contributed by atoms with Gasteiger partial charge in [-0.15, -0.1) is 10.1 Å². The normalized spacial score (nSPS) is 15.7. The molecular weight excluding hydrogens is 436 g/mol. The number of nitrogens with zero attached hydrogens (tertiary/aromatic N) is 2. The lowest BCUT2D eigenvalue weighted by Gasteiger charge is -2.28. The average molecular weight is 450 g/mol. The molecule has 2 heterocycles. The SMILES string of the molecule is CON1C(=O)c2ccc3c4ccc5c6c(ccc(c7ccc(c2c37)C1=O)c64)C(=O)N(OC)C5=O. The molecule has 164 valence electrons. The van der Waals surface area contributed by atoms with Crippen molar-refractivity contribution in [3.63, 3.8) is 0 Å². The molecule has 8 heteroatoms. The van der Waals surface area contributed by atoms with Crippen LogP contribution in [0.3, 0.4) is 0 Å². The van der Waals surface area contributed by atoms with Crippen LogP contribution in [0.4, 0.5) is 0 Å². The van der Waals surface area contributed by atoms with Gasteiger partial charge in [0.2, 0.25) is 0 Å². The fraction of sp³-hybridized carbons (Fsp3) is 0.0769. The van der Waals surface area contributed by atoms with E-state index >= 15 is 0 Å². The van der Waals surface area contributed by atoms with Gasteiger partial charge in [0.05, 0.1) is 36.5 Å². The van der Waals surface area contributed by atoms with Crippen LogP contribution >= 0.6 is 0 Å². The van der Waals surface area contributed by atoms with Crippen LogP contribution in [0, 0.1) is 0 Å². The number of hydroxylamine groups is 4. The molecule has 5 aromatic rings. The van der Waals surface area contributed by atoms with Crippen molar-refractivity contribution in [2.75, 3.05) is 14.2 Å². The number of amides is 4. The van der Waals surface area contributed by atoms with Crippen LogP contribution in [-0.2, 0) is 9.68 Å². The molecule has 34 heavy (non-hydrogen) atoms. The van der Waals surface area contributed by atoms with Crippen LogP contribution in [0.2, 0.25) is 0 Å². The van der Waals surface area contributed by atoms with Gasteiger partial charge >= 0.3 is 0 Å². The van der Waals surface area contributed by atoms with Gasteiger partial charge in [0.1, 0.15) is 0 Å². The Morgan fingerprint density at radius 2 is 0.706 bits per heavy atom. The lowest BCUT2D eigenvalue weighted by Crippen LogP contribution is -2.39. The van der Waals surface area contributed by atoms with Crippen molar-refractivity contribution in [3.8, 4) is 0 Å². The van der Waals surface area contributed by atoms with Gasteiger partial charge in [0, 0.05) is 10.8 Å². The number of rotatable bonds is 2. The van der Waals surface area contributed by atoms with Crippen LogP contribution in [0.5, 0.6) is 0 Å². The lowest BCUT2D eigenvalue weighted by molar-refractivity contribution is -0.0693. The molecular formula is C26H14N2O6. The molecule has 0 N–H and O–H groups in total. The van der Waals surface area contributed by atoms with Crippen molar-refractivity contribution < 1.29 is 28.9 Å². The second kappa shape index (κ2) is 6.13. The number of hydrogen-bond acceptors (Lipinski definition) is 6. The summed E-state index contributed by atoms with van der Waals surface area (Å²) in [5, 5.41) is 7.56. The van der Waals surface area contributed by atoms with Gasteiger partial charge in [0.15, 0.2) is 0 Å². The van der Waals surface area contributed by atoms with E-state index in [9.17, 15) is 19.2 Å². The third-order valence-corrected chi connectivity index (χ3v) is 6.93. The Morgan fingerprint density at radius 1 is 0.441 bits per heavy atom. The van der Waals surface area contributed by atoms with Crippen molar-refractivity contribution >= 4 is 66.7 Å². The minimum Gasteiger partial charge on any atom is -0.266 e. The molecule has 5 aromatic carbocycles. The molecule has 0 radical (unpaired) electrons. The van der Waals surface area contributed by atoms with E-state index in [0.717, 1.165) is 42.4 Å². The highest BCUT2D eigenvalue weighted by Gasteiger charge is 2.37. The van der Waals surface area contributed by atoms with Gasteiger partial charge in [-0.1, -0.05) is 24.3 Å². The standard InChI is InChI=1S/C26H14N2O6/c1-33-27-23(29)15-7-3-11-13-5-9-17-22-18(26(32)28(34-2)25(17)31)10-6-14(20(13)22)12-4-8-16(24(27)30)21(15)19(11)12/h3-10H,1-2H3. The Balaban J connectivity index is 1.70. The van der Waals surface area contributed by atoms with E-state index < -0.39 is 23.6 Å². The van der Waals surface area contributed by atoms with Crippen LogP contribution in [0.25, 0.3) is 43.1 Å². The molecule has 0 spiro atoms. The molecule has 0 unspecified atom stereocenters. The van der Waals surface area contributed by atoms with Crippen molar-refractivity contribution in [1.29, 1.82) is 0 Å². The van der Waals surface area contributed by atoms with E-state index in [-0.39, 0.29) is 0 Å². The molecule has 8 nitrogen and oxygen atoms in total. The number of hydrogen-bond donors (Lipinski definition) is 0. The number of benzene rings is 5. The predicted molar refractivity (Wildman–Crippen MR) is 123 cm³/mol. The first-order chi connectivity index (χ1) is 16.5. The number of fused-ring (bicyclic) bond motifs is 2. The van der Waals surface area contributed by atoms with Crippen LogP contribution in [0.15, 0.2) is 48.5 Å². The maximum absolute atomic E-state index is 13.0. The largest absolute Gasteiger partial charge is 0.285 e. The Hall–Kier alpha value is -4.40. The molecule has 0 saturated heterocycles. The maximum Gasteiger partial charge on any atom is 0.285 e. The number of carbonyl (C=O) groups is 4. The fourth-order valence-corrected chi connectivity index (χ4v) is 5.56. The molecule has 0 saturated carbocycles. The second-order valence-electron chi connectivity index (χ2n) is 8.32. The molecule has 0 atom stereocenters. The highest BCUT2D eigenvalue weighted by molar-refractivity contribution is 6.41. The van der Waals surface area contributed by atoms with E-state index in [1.54, 1.807) is 24.3 Å². The van der Waals surface area contributed by atoms with Gasteiger partial charge in [-0.25, -0.2) is 0 Å². The average Bonchev–Trinajstić information content (AvgIpc) is 2.85. The van der Waals surface area contributed by atoms with Crippen LogP contribution < -0.4 is 0 Å². The van der Waals surface area contributed by atoms with E-state index in [4.69, 9.17) is 9.68 Å². The first-order valence-electron chi connectivity index (χ1n) is 10.5. The molecule has 0 aromatic heterocycles. The minimum atomic E-state index is -0.518. The number of carbonyl (C=O) groups excluding carboxylic acids is 4. The summed E-state index contributed by atoms with van der Waals surface area (Å²) in [5.41, 5.74) is 1.53. The second-order valence-corrected chi connectivity index (χ2v) is 8.32.